The zero-order valence-corrected chi connectivity index (χ0v) is 11.6. The number of nitrogens with one attached hydrogen (secondary N) is 1. The Hall–Kier alpha value is -2.10. The molecule has 0 bridgehead atoms. The van der Waals surface area contributed by atoms with Crippen molar-refractivity contribution >= 4 is 5.91 Å². The van der Waals surface area contributed by atoms with E-state index in [1.807, 2.05) is 48.9 Å². The highest BCUT2D eigenvalue weighted by Crippen LogP contribution is 2.16. The predicted octanol–water partition coefficient (Wildman–Crippen LogP) is 2.57. The molecule has 0 aliphatic carbocycles. The first-order valence-corrected chi connectivity index (χ1v) is 6.56. The fourth-order valence-electron chi connectivity index (χ4n) is 2.01. The molecule has 4 heteroatoms. The SMILES string of the molecule is CCc1ccnn1-c1ccccc1C(=O)NC(C)C. The van der Waals surface area contributed by atoms with Gasteiger partial charge in [-0.05, 0) is 38.5 Å². The number of carbonyl (C=O) groups is 1. The van der Waals surface area contributed by atoms with Crippen molar-refractivity contribution in [1.82, 2.24) is 15.1 Å². The number of benzene rings is 1. The molecular weight excluding hydrogens is 238 g/mol. The molecule has 1 amide bonds. The van der Waals surface area contributed by atoms with Gasteiger partial charge >= 0.3 is 0 Å². The lowest BCUT2D eigenvalue weighted by Gasteiger charge is -2.13. The Morgan fingerprint density at radius 3 is 2.74 bits per heavy atom. The zero-order chi connectivity index (χ0) is 13.8. The number of nitrogens with zero attached hydrogens (tertiary/aromatic N) is 2. The zero-order valence-electron chi connectivity index (χ0n) is 11.6. The lowest BCUT2D eigenvalue weighted by molar-refractivity contribution is 0.0943. The molecule has 0 fully saturated rings. The Labute approximate surface area is 113 Å². The highest BCUT2D eigenvalue weighted by molar-refractivity contribution is 5.97. The van der Waals surface area contributed by atoms with Crippen LogP contribution in [-0.4, -0.2) is 21.7 Å². The number of hydrogen-bond acceptors (Lipinski definition) is 2. The maximum absolute atomic E-state index is 12.2. The largest absolute Gasteiger partial charge is 0.350 e. The number of rotatable bonds is 4. The van der Waals surface area contributed by atoms with E-state index in [0.717, 1.165) is 17.8 Å². The highest BCUT2D eigenvalue weighted by atomic mass is 16.1. The molecule has 0 saturated carbocycles. The van der Waals surface area contributed by atoms with Crippen molar-refractivity contribution in [2.24, 2.45) is 0 Å². The van der Waals surface area contributed by atoms with Crippen LogP contribution in [0.25, 0.3) is 5.69 Å². The summed E-state index contributed by atoms with van der Waals surface area (Å²) in [6.07, 6.45) is 2.64. The fraction of sp³-hybridized carbons (Fsp3) is 0.333. The van der Waals surface area contributed by atoms with Crippen molar-refractivity contribution in [3.8, 4) is 5.69 Å². The van der Waals surface area contributed by atoms with Gasteiger partial charge in [-0.1, -0.05) is 19.1 Å². The second kappa shape index (κ2) is 5.69. The van der Waals surface area contributed by atoms with E-state index >= 15 is 0 Å². The predicted molar refractivity (Wildman–Crippen MR) is 75.5 cm³/mol. The van der Waals surface area contributed by atoms with E-state index in [4.69, 9.17) is 0 Å². The van der Waals surface area contributed by atoms with Crippen LogP contribution in [0.15, 0.2) is 36.5 Å². The maximum Gasteiger partial charge on any atom is 0.253 e. The number of carbonyl (C=O) groups excluding carboxylic acids is 1. The number of hydrogen-bond donors (Lipinski definition) is 1. The molecule has 0 saturated heterocycles. The van der Waals surface area contributed by atoms with E-state index in [9.17, 15) is 4.79 Å². The van der Waals surface area contributed by atoms with Crippen LogP contribution < -0.4 is 5.32 Å². The number of aromatic nitrogens is 2. The van der Waals surface area contributed by atoms with E-state index in [-0.39, 0.29) is 11.9 Å². The van der Waals surface area contributed by atoms with Crippen molar-refractivity contribution in [3.05, 3.63) is 47.8 Å². The summed E-state index contributed by atoms with van der Waals surface area (Å²) in [5, 5.41) is 7.23. The van der Waals surface area contributed by atoms with Crippen LogP contribution in [-0.2, 0) is 6.42 Å². The minimum Gasteiger partial charge on any atom is -0.350 e. The standard InChI is InChI=1S/C15H19N3O/c1-4-12-9-10-16-18(12)14-8-6-5-7-13(14)15(19)17-11(2)3/h5-11H,4H2,1-3H3,(H,17,19). The summed E-state index contributed by atoms with van der Waals surface area (Å²) in [7, 11) is 0. The molecule has 0 radical (unpaired) electrons. The highest BCUT2D eigenvalue weighted by Gasteiger charge is 2.14. The van der Waals surface area contributed by atoms with Gasteiger partial charge < -0.3 is 5.32 Å². The van der Waals surface area contributed by atoms with Gasteiger partial charge in [0.2, 0.25) is 0 Å². The van der Waals surface area contributed by atoms with Crippen LogP contribution in [0.3, 0.4) is 0 Å². The summed E-state index contributed by atoms with van der Waals surface area (Å²) >= 11 is 0. The summed E-state index contributed by atoms with van der Waals surface area (Å²) in [6, 6.07) is 9.62. The number of para-hydroxylation sites is 1. The Bertz CT molecular complexity index is 572. The van der Waals surface area contributed by atoms with E-state index in [0.29, 0.717) is 5.56 Å². The maximum atomic E-state index is 12.2. The summed E-state index contributed by atoms with van der Waals surface area (Å²) < 4.78 is 1.83. The van der Waals surface area contributed by atoms with Crippen LogP contribution in [0.5, 0.6) is 0 Å². The second-order valence-corrected chi connectivity index (χ2v) is 4.73. The van der Waals surface area contributed by atoms with Crippen LogP contribution in [0, 0.1) is 0 Å². The Balaban J connectivity index is 2.44. The second-order valence-electron chi connectivity index (χ2n) is 4.73. The van der Waals surface area contributed by atoms with Crippen LogP contribution in [0.4, 0.5) is 0 Å². The summed E-state index contributed by atoms with van der Waals surface area (Å²) in [5.41, 5.74) is 2.56. The van der Waals surface area contributed by atoms with Gasteiger partial charge in [0.1, 0.15) is 0 Å². The molecule has 0 spiro atoms. The van der Waals surface area contributed by atoms with Gasteiger partial charge in [-0.25, -0.2) is 4.68 Å². The molecule has 2 rings (SSSR count). The molecule has 1 heterocycles. The molecule has 1 aromatic carbocycles. The topological polar surface area (TPSA) is 46.9 Å². The molecule has 0 atom stereocenters. The molecule has 2 aromatic rings. The van der Waals surface area contributed by atoms with Gasteiger partial charge in [-0.2, -0.15) is 5.10 Å². The van der Waals surface area contributed by atoms with Gasteiger partial charge in [0.15, 0.2) is 0 Å². The van der Waals surface area contributed by atoms with Crippen molar-refractivity contribution in [2.75, 3.05) is 0 Å². The van der Waals surface area contributed by atoms with Crippen molar-refractivity contribution in [1.29, 1.82) is 0 Å². The first-order chi connectivity index (χ1) is 9.13. The van der Waals surface area contributed by atoms with Crippen molar-refractivity contribution in [2.45, 2.75) is 33.2 Å². The quantitative estimate of drug-likeness (QED) is 0.915. The van der Waals surface area contributed by atoms with Gasteiger partial charge in [0, 0.05) is 17.9 Å². The van der Waals surface area contributed by atoms with E-state index in [1.165, 1.54) is 0 Å². The van der Waals surface area contributed by atoms with Crippen molar-refractivity contribution in [3.63, 3.8) is 0 Å². The molecule has 0 aliphatic heterocycles. The Kier molecular flexibility index (Phi) is 4.00. The first-order valence-electron chi connectivity index (χ1n) is 6.56. The van der Waals surface area contributed by atoms with Crippen LogP contribution in [0.1, 0.15) is 36.8 Å². The van der Waals surface area contributed by atoms with Gasteiger partial charge in [-0.3, -0.25) is 4.79 Å². The fourth-order valence-corrected chi connectivity index (χ4v) is 2.01. The van der Waals surface area contributed by atoms with Crippen LogP contribution >= 0.6 is 0 Å². The average Bonchev–Trinajstić information content (AvgIpc) is 2.86. The lowest BCUT2D eigenvalue weighted by Crippen LogP contribution is -2.31. The smallest absolute Gasteiger partial charge is 0.253 e. The molecular formula is C15H19N3O. The third kappa shape index (κ3) is 2.84. The number of aryl methyl sites for hydroxylation is 1. The summed E-state index contributed by atoms with van der Waals surface area (Å²) in [4.78, 5) is 12.2. The first kappa shape index (κ1) is 13.3. The minimum atomic E-state index is -0.0665. The average molecular weight is 257 g/mol. The molecule has 1 N–H and O–H groups in total. The van der Waals surface area contributed by atoms with Crippen LogP contribution in [0.2, 0.25) is 0 Å². The van der Waals surface area contributed by atoms with E-state index < -0.39 is 0 Å². The van der Waals surface area contributed by atoms with Gasteiger partial charge in [0.25, 0.3) is 5.91 Å². The third-order valence-corrected chi connectivity index (χ3v) is 2.88. The number of amides is 1. The minimum absolute atomic E-state index is 0.0665. The molecule has 1 aromatic heterocycles. The Morgan fingerprint density at radius 2 is 2.05 bits per heavy atom. The summed E-state index contributed by atoms with van der Waals surface area (Å²) in [5.74, 6) is -0.0665. The normalized spacial score (nSPS) is 10.7. The van der Waals surface area contributed by atoms with Gasteiger partial charge in [-0.15, -0.1) is 0 Å². The lowest BCUT2D eigenvalue weighted by atomic mass is 10.1. The molecule has 4 nitrogen and oxygen atoms in total. The third-order valence-electron chi connectivity index (χ3n) is 2.88. The van der Waals surface area contributed by atoms with E-state index in [1.54, 1.807) is 6.20 Å². The Morgan fingerprint density at radius 1 is 1.32 bits per heavy atom. The van der Waals surface area contributed by atoms with Crippen molar-refractivity contribution < 1.29 is 4.79 Å². The van der Waals surface area contributed by atoms with E-state index in [2.05, 4.69) is 17.3 Å². The molecule has 19 heavy (non-hydrogen) atoms. The summed E-state index contributed by atoms with van der Waals surface area (Å²) in [6.45, 7) is 5.97. The monoisotopic (exact) mass is 257 g/mol. The molecule has 0 aliphatic rings. The molecule has 0 unspecified atom stereocenters. The van der Waals surface area contributed by atoms with Gasteiger partial charge in [0.05, 0.1) is 11.3 Å². The molecule has 100 valence electrons.